The average molecular weight is 326 g/mol. The van der Waals surface area contributed by atoms with Gasteiger partial charge in [-0.25, -0.2) is 0 Å². The van der Waals surface area contributed by atoms with Gasteiger partial charge < -0.3 is 24.9 Å². The highest BCUT2D eigenvalue weighted by Crippen LogP contribution is 2.29. The minimum absolute atomic E-state index is 0.218. The van der Waals surface area contributed by atoms with Crippen LogP contribution >= 0.6 is 0 Å². The first kappa shape index (κ1) is 16.4. The molecular formula is C15H22N2O6. The van der Waals surface area contributed by atoms with Crippen LogP contribution < -0.4 is 10.4 Å². The molecule has 2 saturated heterocycles. The van der Waals surface area contributed by atoms with Crippen LogP contribution in [0.4, 0.5) is 0 Å². The first-order valence-corrected chi connectivity index (χ1v) is 7.73. The van der Waals surface area contributed by atoms with Crippen LogP contribution in [0.3, 0.4) is 0 Å². The average Bonchev–Trinajstić information content (AvgIpc) is 3.08. The summed E-state index contributed by atoms with van der Waals surface area (Å²) in [5.41, 5.74) is 0.545. The zero-order chi connectivity index (χ0) is 16.6. The summed E-state index contributed by atoms with van der Waals surface area (Å²) in [6.45, 7) is 0.555. The molecule has 0 aromatic carbocycles. The minimum atomic E-state index is -1.34. The van der Waals surface area contributed by atoms with E-state index in [1.54, 1.807) is 12.3 Å². The molecule has 2 aliphatic heterocycles. The van der Waals surface area contributed by atoms with Gasteiger partial charge in [0.1, 0.15) is 18.3 Å². The zero-order valence-corrected chi connectivity index (χ0v) is 12.9. The van der Waals surface area contributed by atoms with Crippen molar-refractivity contribution in [2.75, 3.05) is 20.2 Å². The Morgan fingerprint density at radius 2 is 2.13 bits per heavy atom. The van der Waals surface area contributed by atoms with Crippen molar-refractivity contribution in [3.05, 3.63) is 34.2 Å². The monoisotopic (exact) mass is 326 g/mol. The van der Waals surface area contributed by atoms with Crippen LogP contribution in [0, 0.1) is 0 Å². The summed E-state index contributed by atoms with van der Waals surface area (Å²) >= 11 is 0. The predicted octanol–water partition coefficient (Wildman–Crippen LogP) is -1.52. The van der Waals surface area contributed by atoms with E-state index in [-0.39, 0.29) is 6.04 Å². The Balaban J connectivity index is 1.79. The number of ether oxygens (including phenoxy) is 1. The summed E-state index contributed by atoms with van der Waals surface area (Å²) in [4.78, 5) is 19.6. The van der Waals surface area contributed by atoms with Gasteiger partial charge in [-0.05, 0) is 32.0 Å². The predicted molar refractivity (Wildman–Crippen MR) is 79.6 cm³/mol. The summed E-state index contributed by atoms with van der Waals surface area (Å²) in [5, 5.41) is 28.7. The van der Waals surface area contributed by atoms with Crippen molar-refractivity contribution in [2.45, 2.75) is 43.5 Å². The maximum atomic E-state index is 12.0. The molecule has 1 unspecified atom stereocenters. The molecular weight excluding hydrogens is 304 g/mol. The molecule has 8 nitrogen and oxygen atoms in total. The van der Waals surface area contributed by atoms with Crippen molar-refractivity contribution in [1.82, 2.24) is 9.63 Å². The molecule has 3 rings (SSSR count). The van der Waals surface area contributed by atoms with Crippen molar-refractivity contribution in [3.63, 3.8) is 0 Å². The fourth-order valence-corrected chi connectivity index (χ4v) is 3.16. The summed E-state index contributed by atoms with van der Waals surface area (Å²) in [7, 11) is 2.03. The largest absolute Gasteiger partial charge is 0.394 e. The Hall–Kier alpha value is -1.45. The topological polar surface area (TPSA) is 104 Å². The van der Waals surface area contributed by atoms with Crippen LogP contribution in [0.1, 0.15) is 24.4 Å². The second kappa shape index (κ2) is 6.58. The van der Waals surface area contributed by atoms with Gasteiger partial charge in [0.25, 0.3) is 11.8 Å². The second-order valence-electron chi connectivity index (χ2n) is 6.08. The molecule has 5 atom stereocenters. The van der Waals surface area contributed by atoms with Gasteiger partial charge in [0.15, 0.2) is 0 Å². The SMILES string of the molecule is CN1CCCC1c1ccc(=O)n(O[C@@H]2O[C@@H](CO)[C@@H](O)[C@H]2O)c1. The molecule has 2 aliphatic rings. The normalized spacial score (nSPS) is 34.9. The first-order chi connectivity index (χ1) is 11.0. The molecule has 0 amide bonds. The lowest BCUT2D eigenvalue weighted by Crippen LogP contribution is -2.41. The van der Waals surface area contributed by atoms with Crippen molar-refractivity contribution in [3.8, 4) is 0 Å². The van der Waals surface area contributed by atoms with E-state index in [2.05, 4.69) is 4.90 Å². The van der Waals surface area contributed by atoms with Gasteiger partial charge >= 0.3 is 0 Å². The Bertz CT molecular complexity index is 606. The minimum Gasteiger partial charge on any atom is -0.394 e. The first-order valence-electron chi connectivity index (χ1n) is 7.73. The van der Waals surface area contributed by atoms with Crippen LogP contribution in [0.5, 0.6) is 0 Å². The lowest BCUT2D eigenvalue weighted by atomic mass is 10.1. The quantitative estimate of drug-likeness (QED) is 0.617. The van der Waals surface area contributed by atoms with Crippen molar-refractivity contribution in [2.24, 2.45) is 0 Å². The molecule has 23 heavy (non-hydrogen) atoms. The van der Waals surface area contributed by atoms with Crippen LogP contribution in [-0.2, 0) is 4.74 Å². The van der Waals surface area contributed by atoms with Crippen LogP contribution in [0.25, 0.3) is 0 Å². The lowest BCUT2D eigenvalue weighted by Gasteiger charge is -2.22. The number of nitrogens with zero attached hydrogens (tertiary/aromatic N) is 2. The van der Waals surface area contributed by atoms with Gasteiger partial charge in [0.2, 0.25) is 0 Å². The van der Waals surface area contributed by atoms with Gasteiger partial charge in [0.05, 0.1) is 12.8 Å². The Kier molecular flexibility index (Phi) is 4.69. The second-order valence-corrected chi connectivity index (χ2v) is 6.08. The van der Waals surface area contributed by atoms with Gasteiger partial charge in [-0.2, -0.15) is 0 Å². The summed E-state index contributed by atoms with van der Waals surface area (Å²) in [6, 6.07) is 3.39. The van der Waals surface area contributed by atoms with E-state index in [1.807, 2.05) is 7.05 Å². The van der Waals surface area contributed by atoms with E-state index in [9.17, 15) is 15.0 Å². The number of rotatable bonds is 4. The molecule has 0 saturated carbocycles. The van der Waals surface area contributed by atoms with Gasteiger partial charge in [-0.1, -0.05) is 6.07 Å². The third kappa shape index (κ3) is 3.13. The zero-order valence-electron chi connectivity index (χ0n) is 12.9. The van der Waals surface area contributed by atoms with Gasteiger partial charge in [-0.15, -0.1) is 4.73 Å². The summed E-state index contributed by atoms with van der Waals surface area (Å²) in [5.74, 6) is 0. The molecule has 0 aliphatic carbocycles. The molecule has 1 aromatic rings. The van der Waals surface area contributed by atoms with E-state index in [4.69, 9.17) is 14.7 Å². The smallest absolute Gasteiger partial charge is 0.283 e. The van der Waals surface area contributed by atoms with E-state index in [1.165, 1.54) is 6.07 Å². The molecule has 3 N–H and O–H groups in total. The molecule has 2 fully saturated rings. The number of aliphatic hydroxyl groups excluding tert-OH is 3. The summed E-state index contributed by atoms with van der Waals surface area (Å²) in [6.07, 6.45) is -1.06. The number of aromatic nitrogens is 1. The van der Waals surface area contributed by atoms with E-state index in [0.717, 1.165) is 29.7 Å². The molecule has 0 radical (unpaired) electrons. The third-order valence-corrected chi connectivity index (χ3v) is 4.52. The van der Waals surface area contributed by atoms with E-state index in [0.29, 0.717) is 0 Å². The van der Waals surface area contributed by atoms with E-state index < -0.39 is 36.8 Å². The molecule has 0 spiro atoms. The van der Waals surface area contributed by atoms with E-state index >= 15 is 0 Å². The van der Waals surface area contributed by atoms with Crippen molar-refractivity contribution >= 4 is 0 Å². The molecule has 8 heteroatoms. The lowest BCUT2D eigenvalue weighted by molar-refractivity contribution is -0.173. The number of likely N-dealkylation sites (tertiary alicyclic amines) is 1. The maximum absolute atomic E-state index is 12.0. The highest BCUT2D eigenvalue weighted by atomic mass is 16.8. The summed E-state index contributed by atoms with van der Waals surface area (Å²) < 4.78 is 6.25. The fourth-order valence-electron chi connectivity index (χ4n) is 3.16. The molecule has 128 valence electrons. The Morgan fingerprint density at radius 1 is 1.35 bits per heavy atom. The number of hydrogen-bond donors (Lipinski definition) is 3. The number of pyridine rings is 1. The standard InChI is InChI=1S/C15H22N2O6/c1-16-6-2-3-10(16)9-4-5-12(19)17(7-9)23-15-14(21)13(20)11(8-18)22-15/h4-5,7,10-11,13-15,18,20-21H,2-3,6,8H2,1H3/t10?,11-,13+,14+,15-/m0/s1. The highest BCUT2D eigenvalue weighted by Gasteiger charge is 2.44. The maximum Gasteiger partial charge on any atom is 0.283 e. The Morgan fingerprint density at radius 3 is 2.74 bits per heavy atom. The van der Waals surface area contributed by atoms with Gasteiger partial charge in [-0.3, -0.25) is 9.69 Å². The number of aliphatic hydroxyl groups is 3. The fraction of sp³-hybridized carbons (Fsp3) is 0.667. The Labute approximate surface area is 133 Å². The van der Waals surface area contributed by atoms with Crippen molar-refractivity contribution in [1.29, 1.82) is 0 Å². The third-order valence-electron chi connectivity index (χ3n) is 4.52. The number of hydrogen-bond acceptors (Lipinski definition) is 7. The van der Waals surface area contributed by atoms with Crippen LogP contribution in [0.2, 0.25) is 0 Å². The van der Waals surface area contributed by atoms with Crippen LogP contribution in [-0.4, -0.2) is 69.8 Å². The van der Waals surface area contributed by atoms with Crippen LogP contribution in [0.15, 0.2) is 23.1 Å². The molecule has 0 bridgehead atoms. The highest BCUT2D eigenvalue weighted by molar-refractivity contribution is 5.15. The van der Waals surface area contributed by atoms with Crippen molar-refractivity contribution < 1.29 is 24.9 Å². The van der Waals surface area contributed by atoms with Gasteiger partial charge in [0, 0.05) is 12.1 Å². The molecule has 3 heterocycles. The molecule has 1 aromatic heterocycles.